The second-order valence-corrected chi connectivity index (χ2v) is 19.0. The third-order valence-corrected chi connectivity index (χ3v) is 13.3. The van der Waals surface area contributed by atoms with Crippen LogP contribution >= 0.6 is 0 Å². The summed E-state index contributed by atoms with van der Waals surface area (Å²) in [6, 6.07) is 25.9. The minimum atomic E-state index is -0.857. The molecule has 12 aromatic rings. The fourth-order valence-electron chi connectivity index (χ4n) is 9.36. The lowest BCUT2D eigenvalue weighted by molar-refractivity contribution is 0.261. The Balaban J connectivity index is 0.717. The lowest BCUT2D eigenvalue weighted by Crippen LogP contribution is -2.21. The van der Waals surface area contributed by atoms with E-state index in [0.29, 0.717) is 84.3 Å². The Morgan fingerprint density at radius 2 is 0.976 bits per heavy atom. The lowest BCUT2D eigenvalue weighted by Gasteiger charge is -2.15. The van der Waals surface area contributed by atoms with Gasteiger partial charge in [0, 0.05) is 18.0 Å². The van der Waals surface area contributed by atoms with Crippen molar-refractivity contribution in [3.05, 3.63) is 162 Å². The van der Waals surface area contributed by atoms with Gasteiger partial charge in [-0.25, -0.2) is 37.5 Å². The first-order valence-electron chi connectivity index (χ1n) is 25.1. The fraction of sp³-hybridized carbons (Fsp3) is 0.0545. The number of benzene rings is 3. The van der Waals surface area contributed by atoms with Crippen LogP contribution in [0.15, 0.2) is 128 Å². The average molecular weight is 1130 g/mol. The maximum Gasteiger partial charge on any atom is 0.326 e. The van der Waals surface area contributed by atoms with Crippen LogP contribution < -0.4 is 49.1 Å². The van der Waals surface area contributed by atoms with Crippen LogP contribution in [0.1, 0.15) is 16.7 Å². The van der Waals surface area contributed by atoms with E-state index >= 15 is 8.78 Å². The van der Waals surface area contributed by atoms with Crippen LogP contribution in [0.5, 0.6) is 0 Å². The number of carbonyl (C=O) groups is 3. The van der Waals surface area contributed by atoms with E-state index in [1.807, 2.05) is 0 Å². The second kappa shape index (κ2) is 21.1. The Morgan fingerprint density at radius 3 is 1.57 bits per heavy atom. The molecule has 0 spiro atoms. The molecule has 0 saturated heterocycles. The van der Waals surface area contributed by atoms with Crippen molar-refractivity contribution in [2.45, 2.75) is 20.8 Å². The number of nitrogens with one attached hydrogen (secondary N) is 6. The van der Waals surface area contributed by atoms with E-state index in [1.54, 1.807) is 96.3 Å². The Labute approximate surface area is 470 Å². The van der Waals surface area contributed by atoms with Crippen LogP contribution in [-0.4, -0.2) is 87.0 Å². The van der Waals surface area contributed by atoms with Gasteiger partial charge in [0.05, 0.1) is 51.7 Å². The molecule has 0 saturated carbocycles. The number of urea groups is 3. The molecular weight excluding hydrogens is 1090 g/mol. The molecule has 12 N–H and O–H groups in total. The molecular formula is C55H42F3N23O3. The van der Waals surface area contributed by atoms with Gasteiger partial charge in [0.15, 0.2) is 22.8 Å². The highest BCUT2D eigenvalue weighted by atomic mass is 19.1. The minimum absolute atomic E-state index is 0.0116. The molecule has 0 unspecified atom stereocenters. The maximum atomic E-state index is 16.0. The third kappa shape index (κ3) is 10.2. The summed E-state index contributed by atoms with van der Waals surface area (Å²) in [5.41, 5.74) is 26.2. The fourth-order valence-corrected chi connectivity index (χ4v) is 9.36. The lowest BCUT2D eigenvalue weighted by atomic mass is 9.98. The van der Waals surface area contributed by atoms with Crippen molar-refractivity contribution in [3.63, 3.8) is 0 Å². The molecule has 9 aromatic heterocycles. The van der Waals surface area contributed by atoms with E-state index in [4.69, 9.17) is 17.2 Å². The van der Waals surface area contributed by atoms with Gasteiger partial charge in [0.1, 0.15) is 23.1 Å². The van der Waals surface area contributed by atoms with Crippen molar-refractivity contribution < 1.29 is 27.6 Å². The molecule has 84 heavy (non-hydrogen) atoms. The van der Waals surface area contributed by atoms with Crippen LogP contribution in [-0.2, 0) is 0 Å². The van der Waals surface area contributed by atoms with Crippen LogP contribution in [0, 0.1) is 38.2 Å². The zero-order valence-electron chi connectivity index (χ0n) is 44.0. The Kier molecular flexibility index (Phi) is 13.2. The van der Waals surface area contributed by atoms with E-state index in [0.717, 1.165) is 5.56 Å². The van der Waals surface area contributed by atoms with E-state index < -0.39 is 35.5 Å². The molecule has 6 amide bonds. The summed E-state index contributed by atoms with van der Waals surface area (Å²) in [4.78, 5) is 52.2. The third-order valence-electron chi connectivity index (χ3n) is 13.3. The highest BCUT2D eigenvalue weighted by Gasteiger charge is 2.21. The minimum Gasteiger partial charge on any atom is -0.368 e. The quantitative estimate of drug-likeness (QED) is 0.0582. The summed E-state index contributed by atoms with van der Waals surface area (Å²) in [5.74, 6) is -1.94. The zero-order valence-corrected chi connectivity index (χ0v) is 44.0. The van der Waals surface area contributed by atoms with Crippen LogP contribution in [0.4, 0.5) is 79.9 Å². The van der Waals surface area contributed by atoms with Gasteiger partial charge >= 0.3 is 18.1 Å². The average Bonchev–Trinajstić information content (AvgIpc) is 2.85. The number of aryl methyl sites for hydroxylation is 3. The zero-order chi connectivity index (χ0) is 58.5. The molecule has 0 radical (unpaired) electrons. The van der Waals surface area contributed by atoms with Crippen molar-refractivity contribution in [2.24, 2.45) is 0 Å². The largest absolute Gasteiger partial charge is 0.368 e. The summed E-state index contributed by atoms with van der Waals surface area (Å²) in [5, 5.41) is 47.9. The van der Waals surface area contributed by atoms with Gasteiger partial charge in [-0.3, -0.25) is 28.8 Å². The molecule has 12 rings (SSSR count). The number of rotatable bonds is 11. The summed E-state index contributed by atoms with van der Waals surface area (Å²) >= 11 is 0. The van der Waals surface area contributed by atoms with Gasteiger partial charge in [0.2, 0.25) is 23.8 Å². The number of carbonyl (C=O) groups excluding carboxylic acids is 3. The van der Waals surface area contributed by atoms with Crippen molar-refractivity contribution >= 4 is 87.4 Å². The molecule has 0 bridgehead atoms. The van der Waals surface area contributed by atoms with Crippen molar-refractivity contribution in [2.75, 3.05) is 49.1 Å². The van der Waals surface area contributed by atoms with Crippen molar-refractivity contribution in [1.29, 1.82) is 0 Å². The van der Waals surface area contributed by atoms with Gasteiger partial charge in [-0.2, -0.15) is 0 Å². The number of hydrogen-bond donors (Lipinski definition) is 9. The smallest absolute Gasteiger partial charge is 0.326 e. The summed E-state index contributed by atoms with van der Waals surface area (Å²) in [7, 11) is 0. The normalized spacial score (nSPS) is 11.3. The molecule has 9 heterocycles. The molecule has 0 aliphatic heterocycles. The molecule has 0 fully saturated rings. The first-order valence-corrected chi connectivity index (χ1v) is 25.1. The SMILES string of the molecule is Cc1ccc(F)c(NC(=O)Nc2ccc(-c3cc(-c4cc(F)c(NC(=O)Nc5ncc(-c6cc(-c7cc(F)c(NC(=O)Nc8ccc(-c9cccc%10nnc(N)n9%10)nc8)cc7C)cc7nnc(N)n67)cn5)cc4C)cc4nnc(N)n34)nn2)c1. The highest BCUT2D eigenvalue weighted by molar-refractivity contribution is 6.01. The second-order valence-electron chi connectivity index (χ2n) is 19.0. The molecule has 29 heteroatoms. The van der Waals surface area contributed by atoms with Crippen molar-refractivity contribution in [1.82, 2.24) is 68.9 Å². The number of fused-ring (bicyclic) bond motifs is 3. The Bertz CT molecular complexity index is 4630. The molecule has 0 aliphatic rings. The maximum absolute atomic E-state index is 16.0. The monoisotopic (exact) mass is 1130 g/mol. The number of aromatic nitrogens is 14. The topological polar surface area (TPSA) is 356 Å². The predicted molar refractivity (Wildman–Crippen MR) is 307 cm³/mol. The van der Waals surface area contributed by atoms with Gasteiger partial charge < -0.3 is 38.5 Å². The Hall–Kier alpha value is -12.2. The van der Waals surface area contributed by atoms with E-state index in [-0.39, 0.29) is 52.4 Å². The molecule has 26 nitrogen and oxygen atoms in total. The standard InChI is InChI=1S/C55H42F3N23O3/c1-25-7-9-34(56)39(13-25)66-54(83)69-45-12-11-38(71-72-45)44-17-29(19-48-75-78-51(61)81(44)48)33-21-36(58)41(15-27(33)3)68-55(84)70-52-63-22-30(23-64-52)43-16-28(18-47-74-77-50(60)80(43)47)32-20-35(57)40(14-26(32)2)67-53(82)65-31-8-10-37(62-24-31)42-5-4-6-46-73-76-49(59)79(42)46/h4-24H,1-3H3,(H2,59,76)(H2,60,77)(H2,61,78)(H2,65,67,82)(H2,66,69,72,83)(H2,63,64,68,70,84). The van der Waals surface area contributed by atoms with Gasteiger partial charge in [-0.1, -0.05) is 12.1 Å². The number of halogens is 3. The number of amides is 6. The van der Waals surface area contributed by atoms with E-state index in [2.05, 4.69) is 87.6 Å². The summed E-state index contributed by atoms with van der Waals surface area (Å²) in [6.07, 6.45) is 4.28. The number of anilines is 9. The first kappa shape index (κ1) is 52.5. The predicted octanol–water partition coefficient (Wildman–Crippen LogP) is 9.15. The van der Waals surface area contributed by atoms with Gasteiger partial charge in [-0.15, -0.1) is 40.8 Å². The van der Waals surface area contributed by atoms with Crippen LogP contribution in [0.25, 0.3) is 73.2 Å². The number of pyridine rings is 4. The first-order chi connectivity index (χ1) is 40.5. The Morgan fingerprint density at radius 1 is 0.429 bits per heavy atom. The molecule has 416 valence electrons. The number of nitrogens with zero attached hydrogens (tertiary/aromatic N) is 14. The highest BCUT2D eigenvalue weighted by Crippen LogP contribution is 2.36. The van der Waals surface area contributed by atoms with E-state index in [1.165, 1.54) is 65.5 Å². The van der Waals surface area contributed by atoms with Gasteiger partial charge in [-0.05, 0) is 157 Å². The van der Waals surface area contributed by atoms with E-state index in [9.17, 15) is 18.8 Å². The molecule has 3 aromatic carbocycles. The molecule has 0 atom stereocenters. The molecule has 0 aliphatic carbocycles. The van der Waals surface area contributed by atoms with Crippen LogP contribution in [0.2, 0.25) is 0 Å². The summed E-state index contributed by atoms with van der Waals surface area (Å²) in [6.45, 7) is 5.23. The number of nitrogens with two attached hydrogens (primary N) is 3. The summed E-state index contributed by atoms with van der Waals surface area (Å²) < 4.78 is 50.9. The number of hydrogen-bond acceptors (Lipinski definition) is 17. The number of nitrogen functional groups attached to an aromatic ring is 3. The van der Waals surface area contributed by atoms with Gasteiger partial charge in [0.25, 0.3) is 0 Å². The van der Waals surface area contributed by atoms with Crippen LogP contribution in [0.3, 0.4) is 0 Å². The van der Waals surface area contributed by atoms with Crippen molar-refractivity contribution in [3.8, 4) is 56.3 Å².